The molecule has 0 heterocycles. The Hall–Kier alpha value is -1.88. The largest absolute Gasteiger partial charge is 0.456 e. The maximum atomic E-state index is 13.0. The molecule has 0 N–H and O–H groups in total. The monoisotopic (exact) mass is 358 g/mol. The van der Waals surface area contributed by atoms with Crippen LogP contribution in [0, 0.1) is 0 Å². The van der Waals surface area contributed by atoms with Gasteiger partial charge in [-0.1, -0.05) is 6.58 Å². The molecule has 0 bridgehead atoms. The summed E-state index contributed by atoms with van der Waals surface area (Å²) in [6.45, 7) is 0.343. The fraction of sp³-hybridized carbons (Fsp3) is 0.636. The predicted molar refractivity (Wildman–Crippen MR) is 57.6 cm³/mol. The van der Waals surface area contributed by atoms with Gasteiger partial charge >= 0.3 is 36.1 Å². The van der Waals surface area contributed by atoms with Crippen molar-refractivity contribution in [1.82, 2.24) is 0 Å². The molecule has 23 heavy (non-hydrogen) atoms. The van der Waals surface area contributed by atoms with Gasteiger partial charge in [0.1, 0.15) is 0 Å². The molecule has 134 valence electrons. The van der Waals surface area contributed by atoms with E-state index in [2.05, 4.69) is 16.1 Å². The van der Waals surface area contributed by atoms with Crippen molar-refractivity contribution < 1.29 is 54.2 Å². The van der Waals surface area contributed by atoms with E-state index in [4.69, 9.17) is 0 Å². The van der Waals surface area contributed by atoms with E-state index in [1.54, 1.807) is 0 Å². The molecule has 0 aliphatic carbocycles. The average molecular weight is 358 g/mol. The second kappa shape index (κ2) is 7.13. The molecule has 0 aromatic heterocycles. The standard InChI is InChI=1S/C11H10F8O4/c1-5(2)7(21)22-3-6(20)23-4-9(14,15)11(18,19)10(16,17)8(12)13/h8H,1,3-4H2,2H3. The lowest BCUT2D eigenvalue weighted by molar-refractivity contribution is -0.344. The molecule has 4 nitrogen and oxygen atoms in total. The Bertz CT molecular complexity index is 475. The minimum absolute atomic E-state index is 0.189. The van der Waals surface area contributed by atoms with Gasteiger partial charge < -0.3 is 9.47 Å². The Balaban J connectivity index is 4.78. The predicted octanol–water partition coefficient (Wildman–Crippen LogP) is 2.82. The number of ether oxygens (including phenoxy) is 2. The van der Waals surface area contributed by atoms with Gasteiger partial charge in [0.15, 0.2) is 13.2 Å². The van der Waals surface area contributed by atoms with Gasteiger partial charge in [-0.2, -0.15) is 26.3 Å². The molecular weight excluding hydrogens is 348 g/mol. The quantitative estimate of drug-likeness (QED) is 0.380. The maximum Gasteiger partial charge on any atom is 0.381 e. The third-order valence-electron chi connectivity index (χ3n) is 2.24. The minimum Gasteiger partial charge on any atom is -0.456 e. The Labute approximate surface area is 124 Å². The number of esters is 2. The van der Waals surface area contributed by atoms with E-state index in [0.717, 1.165) is 6.92 Å². The van der Waals surface area contributed by atoms with Crippen LogP contribution in [0.15, 0.2) is 12.2 Å². The summed E-state index contributed by atoms with van der Waals surface area (Å²) >= 11 is 0. The van der Waals surface area contributed by atoms with Crippen LogP contribution in [0.4, 0.5) is 35.1 Å². The zero-order valence-electron chi connectivity index (χ0n) is 11.4. The zero-order chi connectivity index (χ0) is 18.6. The van der Waals surface area contributed by atoms with Gasteiger partial charge in [0.05, 0.1) is 0 Å². The second-order valence-electron chi connectivity index (χ2n) is 4.22. The van der Waals surface area contributed by atoms with Crippen LogP contribution in [0.5, 0.6) is 0 Å². The van der Waals surface area contributed by atoms with Crippen LogP contribution in [0.25, 0.3) is 0 Å². The highest BCUT2D eigenvalue weighted by Crippen LogP contribution is 2.48. The zero-order valence-corrected chi connectivity index (χ0v) is 11.4. The van der Waals surface area contributed by atoms with Crippen LogP contribution in [-0.2, 0) is 19.1 Å². The Kier molecular flexibility index (Phi) is 6.55. The highest BCUT2D eigenvalue weighted by Gasteiger charge is 2.75. The van der Waals surface area contributed by atoms with E-state index in [0.29, 0.717) is 0 Å². The molecule has 0 aliphatic rings. The van der Waals surface area contributed by atoms with Crippen molar-refractivity contribution in [3.63, 3.8) is 0 Å². The van der Waals surface area contributed by atoms with Crippen molar-refractivity contribution >= 4 is 11.9 Å². The van der Waals surface area contributed by atoms with Gasteiger partial charge in [0.25, 0.3) is 0 Å². The molecule has 0 radical (unpaired) electrons. The van der Waals surface area contributed by atoms with Crippen LogP contribution in [0.2, 0.25) is 0 Å². The minimum atomic E-state index is -6.48. The van der Waals surface area contributed by atoms with Crippen molar-refractivity contribution in [1.29, 1.82) is 0 Å². The highest BCUT2D eigenvalue weighted by atomic mass is 19.4. The van der Waals surface area contributed by atoms with Crippen LogP contribution in [0.1, 0.15) is 6.92 Å². The number of carbonyl (C=O) groups excluding carboxylic acids is 2. The molecule has 0 unspecified atom stereocenters. The summed E-state index contributed by atoms with van der Waals surface area (Å²) in [5, 5.41) is 0. The Morgan fingerprint density at radius 2 is 1.52 bits per heavy atom. The van der Waals surface area contributed by atoms with E-state index in [-0.39, 0.29) is 5.57 Å². The normalized spacial score (nSPS) is 13.0. The number of hydrogen-bond donors (Lipinski definition) is 0. The van der Waals surface area contributed by atoms with Gasteiger partial charge in [-0.05, 0) is 6.92 Å². The molecule has 0 amide bonds. The number of halogens is 8. The summed E-state index contributed by atoms with van der Waals surface area (Å²) in [5.41, 5.74) is -0.189. The first-order chi connectivity index (χ1) is 10.2. The van der Waals surface area contributed by atoms with Crippen LogP contribution < -0.4 is 0 Å². The summed E-state index contributed by atoms with van der Waals surface area (Å²) in [7, 11) is 0. The molecule has 0 atom stereocenters. The van der Waals surface area contributed by atoms with Gasteiger partial charge in [-0.15, -0.1) is 0 Å². The third-order valence-corrected chi connectivity index (χ3v) is 2.24. The van der Waals surface area contributed by atoms with Crippen LogP contribution in [-0.4, -0.2) is 49.3 Å². The molecular formula is C11H10F8O4. The third kappa shape index (κ3) is 4.79. The summed E-state index contributed by atoms with van der Waals surface area (Å²) in [6, 6.07) is 0. The van der Waals surface area contributed by atoms with E-state index in [9.17, 15) is 44.7 Å². The van der Waals surface area contributed by atoms with Crippen LogP contribution in [0.3, 0.4) is 0 Å². The van der Waals surface area contributed by atoms with Crippen molar-refractivity contribution in [3.05, 3.63) is 12.2 Å². The van der Waals surface area contributed by atoms with E-state index < -0.39 is 49.3 Å². The fourth-order valence-corrected chi connectivity index (χ4v) is 0.932. The number of alkyl halides is 8. The van der Waals surface area contributed by atoms with E-state index >= 15 is 0 Å². The van der Waals surface area contributed by atoms with E-state index in [1.807, 2.05) is 0 Å². The van der Waals surface area contributed by atoms with Crippen molar-refractivity contribution in [3.8, 4) is 0 Å². The number of hydrogen-bond acceptors (Lipinski definition) is 4. The SMILES string of the molecule is C=C(C)C(=O)OCC(=O)OCC(F)(F)C(F)(F)C(F)(F)C(F)F. The average Bonchev–Trinajstić information content (AvgIpc) is 2.41. The summed E-state index contributed by atoms with van der Waals surface area (Å²) in [5.74, 6) is -21.5. The summed E-state index contributed by atoms with van der Waals surface area (Å²) in [4.78, 5) is 21.7. The molecule has 0 aromatic carbocycles. The molecule has 0 aromatic rings. The first-order valence-corrected chi connectivity index (χ1v) is 5.56. The maximum absolute atomic E-state index is 13.0. The lowest BCUT2D eigenvalue weighted by Crippen LogP contribution is -2.59. The highest BCUT2D eigenvalue weighted by molar-refractivity contribution is 5.88. The molecule has 0 spiro atoms. The summed E-state index contributed by atoms with van der Waals surface area (Å²) in [6.07, 6.45) is -5.07. The van der Waals surface area contributed by atoms with Gasteiger partial charge in [-0.25, -0.2) is 18.4 Å². The molecule has 0 rings (SSSR count). The van der Waals surface area contributed by atoms with Gasteiger partial charge in [0.2, 0.25) is 0 Å². The lowest BCUT2D eigenvalue weighted by Gasteiger charge is -2.31. The fourth-order valence-electron chi connectivity index (χ4n) is 0.932. The van der Waals surface area contributed by atoms with Gasteiger partial charge in [-0.3, -0.25) is 0 Å². The summed E-state index contributed by atoms with van der Waals surface area (Å²) < 4.78 is 108. The molecule has 12 heteroatoms. The Morgan fingerprint density at radius 3 is 1.91 bits per heavy atom. The molecule has 0 saturated carbocycles. The second-order valence-corrected chi connectivity index (χ2v) is 4.22. The van der Waals surface area contributed by atoms with Crippen molar-refractivity contribution in [2.45, 2.75) is 31.1 Å². The number of carbonyl (C=O) groups is 2. The molecule has 0 fully saturated rings. The van der Waals surface area contributed by atoms with Crippen molar-refractivity contribution in [2.75, 3.05) is 13.2 Å². The Morgan fingerprint density at radius 1 is 1.04 bits per heavy atom. The van der Waals surface area contributed by atoms with Crippen molar-refractivity contribution in [2.24, 2.45) is 0 Å². The first-order valence-electron chi connectivity index (χ1n) is 5.56. The topological polar surface area (TPSA) is 52.6 Å². The molecule has 0 aliphatic heterocycles. The molecule has 0 saturated heterocycles. The van der Waals surface area contributed by atoms with Crippen LogP contribution >= 0.6 is 0 Å². The smallest absolute Gasteiger partial charge is 0.381 e. The van der Waals surface area contributed by atoms with E-state index in [1.165, 1.54) is 0 Å². The first kappa shape index (κ1) is 21.1. The number of rotatable bonds is 8. The lowest BCUT2D eigenvalue weighted by atomic mass is 10.1. The van der Waals surface area contributed by atoms with Gasteiger partial charge in [0, 0.05) is 5.57 Å².